The van der Waals surface area contributed by atoms with Crippen molar-refractivity contribution in [3.05, 3.63) is 29.3 Å². The second kappa shape index (κ2) is 8.98. The van der Waals surface area contributed by atoms with Gasteiger partial charge in [0.25, 0.3) is 0 Å². The zero-order valence-corrected chi connectivity index (χ0v) is 12.8. The third-order valence-corrected chi connectivity index (χ3v) is 2.87. The first-order valence-corrected chi connectivity index (χ1v) is 7.18. The normalized spacial score (nSPS) is 20.4. The van der Waals surface area contributed by atoms with Gasteiger partial charge in [-0.3, -0.25) is 0 Å². The zero-order chi connectivity index (χ0) is 14.1. The van der Waals surface area contributed by atoms with Gasteiger partial charge in [0, 0.05) is 6.54 Å². The minimum Gasteiger partial charge on any atom is -0.489 e. The maximum absolute atomic E-state index is 5.78. The predicted octanol–water partition coefficient (Wildman–Crippen LogP) is 4.26. The predicted molar refractivity (Wildman–Crippen MR) is 80.4 cm³/mol. The molecule has 2 heteroatoms. The largest absolute Gasteiger partial charge is 0.489 e. The van der Waals surface area contributed by atoms with Crippen molar-refractivity contribution in [2.75, 3.05) is 6.54 Å². The van der Waals surface area contributed by atoms with Crippen LogP contribution < -0.4 is 10.5 Å². The van der Waals surface area contributed by atoms with Crippen LogP contribution in [0.2, 0.25) is 0 Å². The van der Waals surface area contributed by atoms with E-state index in [9.17, 15) is 0 Å². The van der Waals surface area contributed by atoms with Crippen LogP contribution in [0.5, 0.6) is 5.75 Å². The molecule has 0 amide bonds. The number of nitrogens with two attached hydrogens (primary N) is 1. The summed E-state index contributed by atoms with van der Waals surface area (Å²) < 4.78 is 5.78. The summed E-state index contributed by atoms with van der Waals surface area (Å²) in [4.78, 5) is 0. The number of benzene rings is 1. The maximum Gasteiger partial charge on any atom is 0.123 e. The average molecular weight is 251 g/mol. The van der Waals surface area contributed by atoms with Crippen LogP contribution >= 0.6 is 0 Å². The average Bonchev–Trinajstić information content (AvgIpc) is 2.44. The van der Waals surface area contributed by atoms with Gasteiger partial charge in [-0.2, -0.15) is 0 Å². The highest BCUT2D eigenvalue weighted by molar-refractivity contribution is 5.40. The van der Waals surface area contributed by atoms with Crippen molar-refractivity contribution in [1.82, 2.24) is 0 Å². The molecule has 104 valence electrons. The first-order chi connectivity index (χ1) is 8.70. The molecule has 0 radical (unpaired) electrons. The second-order valence-electron chi connectivity index (χ2n) is 4.15. The first-order valence-electron chi connectivity index (χ1n) is 7.18. The molecule has 1 aliphatic heterocycles. The van der Waals surface area contributed by atoms with Crippen LogP contribution in [-0.4, -0.2) is 12.6 Å². The van der Waals surface area contributed by atoms with Crippen LogP contribution in [0, 0.1) is 6.92 Å². The SMILES string of the molecule is CC.CC.Cc1ccc2c(c1)C(C)CC(CN)O2. The summed E-state index contributed by atoms with van der Waals surface area (Å²) in [7, 11) is 0. The standard InChI is InChI=1S/C12H17NO.2C2H6/c1-8-3-4-12-11(5-8)9(2)6-10(7-13)14-12;2*1-2/h3-5,9-10H,6-7,13H2,1-2H3;2*1-2H3. The third-order valence-electron chi connectivity index (χ3n) is 2.87. The van der Waals surface area contributed by atoms with Gasteiger partial charge in [0.1, 0.15) is 11.9 Å². The van der Waals surface area contributed by atoms with Crippen LogP contribution in [0.1, 0.15) is 58.1 Å². The Balaban J connectivity index is 0.000000659. The van der Waals surface area contributed by atoms with E-state index < -0.39 is 0 Å². The first kappa shape index (κ1) is 17.0. The summed E-state index contributed by atoms with van der Waals surface area (Å²) >= 11 is 0. The molecule has 2 rings (SSSR count). The van der Waals surface area contributed by atoms with E-state index in [-0.39, 0.29) is 6.10 Å². The lowest BCUT2D eigenvalue weighted by atomic mass is 9.90. The molecule has 0 fully saturated rings. The van der Waals surface area contributed by atoms with Crippen molar-refractivity contribution < 1.29 is 4.74 Å². The summed E-state index contributed by atoms with van der Waals surface area (Å²) in [6.45, 7) is 13.0. The fraction of sp³-hybridized carbons (Fsp3) is 0.625. The molecule has 1 aliphatic rings. The van der Waals surface area contributed by atoms with Gasteiger partial charge in [-0.15, -0.1) is 0 Å². The van der Waals surface area contributed by atoms with Gasteiger partial charge in [0.15, 0.2) is 0 Å². The van der Waals surface area contributed by atoms with Crippen molar-refractivity contribution in [3.63, 3.8) is 0 Å². The topological polar surface area (TPSA) is 35.2 Å². The van der Waals surface area contributed by atoms with E-state index in [0.717, 1.165) is 12.2 Å². The molecule has 0 saturated heterocycles. The molecule has 1 aromatic carbocycles. The maximum atomic E-state index is 5.78. The van der Waals surface area contributed by atoms with Crippen LogP contribution in [0.25, 0.3) is 0 Å². The molecule has 18 heavy (non-hydrogen) atoms. The Labute approximate surface area is 113 Å². The molecule has 2 N–H and O–H groups in total. The number of hydrogen-bond donors (Lipinski definition) is 1. The molecule has 0 aliphatic carbocycles. The van der Waals surface area contributed by atoms with Crippen molar-refractivity contribution in [1.29, 1.82) is 0 Å². The number of aryl methyl sites for hydroxylation is 1. The molecule has 2 atom stereocenters. The molecule has 0 aromatic heterocycles. The van der Waals surface area contributed by atoms with E-state index in [2.05, 4.69) is 32.0 Å². The molecule has 0 spiro atoms. The second-order valence-corrected chi connectivity index (χ2v) is 4.15. The number of ether oxygens (including phenoxy) is 1. The van der Waals surface area contributed by atoms with Crippen molar-refractivity contribution in [2.45, 2.75) is 60.0 Å². The monoisotopic (exact) mass is 251 g/mol. The fourth-order valence-electron chi connectivity index (χ4n) is 2.05. The van der Waals surface area contributed by atoms with Crippen molar-refractivity contribution in [2.24, 2.45) is 5.73 Å². The van der Waals surface area contributed by atoms with E-state index >= 15 is 0 Å². The minimum absolute atomic E-state index is 0.195. The summed E-state index contributed by atoms with van der Waals surface area (Å²) in [5, 5.41) is 0. The number of rotatable bonds is 1. The Hall–Kier alpha value is -1.02. The van der Waals surface area contributed by atoms with Crippen LogP contribution in [-0.2, 0) is 0 Å². The number of hydrogen-bond acceptors (Lipinski definition) is 2. The molecule has 1 heterocycles. The Morgan fingerprint density at radius 3 is 2.39 bits per heavy atom. The highest BCUT2D eigenvalue weighted by Gasteiger charge is 2.24. The van der Waals surface area contributed by atoms with E-state index in [4.69, 9.17) is 10.5 Å². The molecular formula is C16H29NO. The quantitative estimate of drug-likeness (QED) is 0.809. The summed E-state index contributed by atoms with van der Waals surface area (Å²) in [5.41, 5.74) is 8.25. The third kappa shape index (κ3) is 4.34. The van der Waals surface area contributed by atoms with Gasteiger partial charge >= 0.3 is 0 Å². The zero-order valence-electron chi connectivity index (χ0n) is 12.8. The Bertz CT molecular complexity index is 336. The highest BCUT2D eigenvalue weighted by atomic mass is 16.5. The van der Waals surface area contributed by atoms with Crippen molar-refractivity contribution in [3.8, 4) is 5.75 Å². The molecule has 0 bridgehead atoms. The van der Waals surface area contributed by atoms with E-state index in [0.29, 0.717) is 12.5 Å². The molecule has 1 aromatic rings. The van der Waals surface area contributed by atoms with E-state index in [1.807, 2.05) is 27.7 Å². The van der Waals surface area contributed by atoms with Gasteiger partial charge in [0.05, 0.1) is 0 Å². The Morgan fingerprint density at radius 2 is 1.83 bits per heavy atom. The summed E-state index contributed by atoms with van der Waals surface area (Å²) in [5.74, 6) is 1.58. The van der Waals surface area contributed by atoms with Gasteiger partial charge in [-0.25, -0.2) is 0 Å². The van der Waals surface area contributed by atoms with Gasteiger partial charge in [-0.05, 0) is 30.9 Å². The lowest BCUT2D eigenvalue weighted by Gasteiger charge is -2.29. The van der Waals surface area contributed by atoms with Crippen LogP contribution in [0.4, 0.5) is 0 Å². The number of fused-ring (bicyclic) bond motifs is 1. The summed E-state index contributed by atoms with van der Waals surface area (Å²) in [6.07, 6.45) is 1.23. The fourth-order valence-corrected chi connectivity index (χ4v) is 2.05. The molecule has 2 unspecified atom stereocenters. The minimum atomic E-state index is 0.195. The molecule has 2 nitrogen and oxygen atoms in total. The van der Waals surface area contributed by atoms with Crippen LogP contribution in [0.15, 0.2) is 18.2 Å². The van der Waals surface area contributed by atoms with E-state index in [1.165, 1.54) is 11.1 Å². The van der Waals surface area contributed by atoms with Gasteiger partial charge in [0.2, 0.25) is 0 Å². The molecular weight excluding hydrogens is 222 g/mol. The lowest BCUT2D eigenvalue weighted by Crippen LogP contribution is -2.31. The van der Waals surface area contributed by atoms with Gasteiger partial charge < -0.3 is 10.5 Å². The van der Waals surface area contributed by atoms with Gasteiger partial charge in [-0.1, -0.05) is 52.3 Å². The molecule has 0 saturated carbocycles. The van der Waals surface area contributed by atoms with E-state index in [1.54, 1.807) is 0 Å². The Morgan fingerprint density at radius 1 is 1.22 bits per heavy atom. The highest BCUT2D eigenvalue weighted by Crippen LogP contribution is 2.36. The van der Waals surface area contributed by atoms with Crippen LogP contribution in [0.3, 0.4) is 0 Å². The summed E-state index contributed by atoms with van der Waals surface area (Å²) in [6, 6.07) is 6.36. The smallest absolute Gasteiger partial charge is 0.123 e. The lowest BCUT2D eigenvalue weighted by molar-refractivity contribution is 0.169. The Kier molecular flexibility index (Phi) is 8.47. The van der Waals surface area contributed by atoms with Crippen molar-refractivity contribution >= 4 is 0 Å².